The summed E-state index contributed by atoms with van der Waals surface area (Å²) >= 11 is 0. The van der Waals surface area contributed by atoms with Gasteiger partial charge in [-0.2, -0.15) is 0 Å². The normalized spacial score (nSPS) is 20.5. The van der Waals surface area contributed by atoms with Crippen LogP contribution in [0.5, 0.6) is 0 Å². The van der Waals surface area contributed by atoms with E-state index >= 15 is 0 Å². The van der Waals surface area contributed by atoms with Gasteiger partial charge in [-0.25, -0.2) is 4.98 Å². The molecule has 1 saturated heterocycles. The molecule has 1 atom stereocenters. The average Bonchev–Trinajstić information content (AvgIpc) is 2.81. The number of nitrogens with one attached hydrogen (secondary N) is 1. The third-order valence-corrected chi connectivity index (χ3v) is 3.63. The van der Waals surface area contributed by atoms with Gasteiger partial charge >= 0.3 is 0 Å². The van der Waals surface area contributed by atoms with Crippen molar-refractivity contribution in [1.82, 2.24) is 24.7 Å². The molecule has 1 amide bonds. The van der Waals surface area contributed by atoms with Gasteiger partial charge in [-0.3, -0.25) is 9.69 Å². The van der Waals surface area contributed by atoms with Gasteiger partial charge in [0.05, 0.1) is 0 Å². The van der Waals surface area contributed by atoms with Crippen molar-refractivity contribution in [3.8, 4) is 0 Å². The van der Waals surface area contributed by atoms with Gasteiger partial charge in [-0.1, -0.05) is 0 Å². The van der Waals surface area contributed by atoms with E-state index in [0.29, 0.717) is 0 Å². The third-order valence-electron chi connectivity index (χ3n) is 3.63. The second-order valence-electron chi connectivity index (χ2n) is 5.16. The van der Waals surface area contributed by atoms with Crippen molar-refractivity contribution in [2.45, 2.75) is 19.5 Å². The molecule has 0 radical (unpaired) electrons. The highest BCUT2D eigenvalue weighted by molar-refractivity contribution is 5.81. The standard InChI is InChI=1S/C13H23N5O/c1-11-15-5-7-17(11)8-9-18-6-4-14-10-12(18)13(19)16(2)3/h5,7,12,14H,4,6,8-10H2,1-3H3. The van der Waals surface area contributed by atoms with Crippen LogP contribution < -0.4 is 5.32 Å². The highest BCUT2D eigenvalue weighted by atomic mass is 16.2. The first-order chi connectivity index (χ1) is 9.09. The van der Waals surface area contributed by atoms with Crippen molar-refractivity contribution in [3.05, 3.63) is 18.2 Å². The molecule has 2 heterocycles. The number of piperazine rings is 1. The second-order valence-corrected chi connectivity index (χ2v) is 5.16. The number of hydrogen-bond acceptors (Lipinski definition) is 4. The van der Waals surface area contributed by atoms with E-state index in [1.165, 1.54) is 0 Å². The van der Waals surface area contributed by atoms with Gasteiger partial charge in [0, 0.05) is 59.2 Å². The number of hydrogen-bond donors (Lipinski definition) is 1. The van der Waals surface area contributed by atoms with Gasteiger partial charge < -0.3 is 14.8 Å². The van der Waals surface area contributed by atoms with Crippen LogP contribution in [0.1, 0.15) is 5.82 Å². The molecule has 0 aromatic carbocycles. The minimum Gasteiger partial charge on any atom is -0.347 e. The first-order valence-electron chi connectivity index (χ1n) is 6.73. The van der Waals surface area contributed by atoms with Crippen LogP contribution in [0, 0.1) is 6.92 Å². The molecule has 1 aromatic heterocycles. The molecule has 2 rings (SSSR count). The zero-order valence-electron chi connectivity index (χ0n) is 12.0. The number of aromatic nitrogens is 2. The van der Waals surface area contributed by atoms with E-state index in [0.717, 1.165) is 38.5 Å². The number of imidazole rings is 1. The zero-order chi connectivity index (χ0) is 13.8. The summed E-state index contributed by atoms with van der Waals surface area (Å²) < 4.78 is 2.12. The van der Waals surface area contributed by atoms with Crippen LogP contribution in [-0.4, -0.2) is 71.6 Å². The maximum absolute atomic E-state index is 12.2. The lowest BCUT2D eigenvalue weighted by Gasteiger charge is -2.36. The molecule has 0 aliphatic carbocycles. The number of likely N-dealkylation sites (N-methyl/N-ethyl adjacent to an activating group) is 1. The molecule has 1 aromatic rings. The Morgan fingerprint density at radius 3 is 2.95 bits per heavy atom. The summed E-state index contributed by atoms with van der Waals surface area (Å²) in [6.45, 7) is 6.35. The van der Waals surface area contributed by atoms with Gasteiger partial charge in [-0.15, -0.1) is 0 Å². The van der Waals surface area contributed by atoms with Gasteiger partial charge in [0.2, 0.25) is 5.91 Å². The number of aryl methyl sites for hydroxylation is 1. The van der Waals surface area contributed by atoms with Crippen molar-refractivity contribution in [2.24, 2.45) is 0 Å². The lowest BCUT2D eigenvalue weighted by atomic mass is 10.1. The van der Waals surface area contributed by atoms with E-state index in [1.807, 2.05) is 33.4 Å². The summed E-state index contributed by atoms with van der Waals surface area (Å²) in [5.41, 5.74) is 0. The SMILES string of the molecule is Cc1nccn1CCN1CCNCC1C(=O)N(C)C. The molecule has 0 saturated carbocycles. The smallest absolute Gasteiger partial charge is 0.240 e. The predicted molar refractivity (Wildman–Crippen MR) is 73.9 cm³/mol. The Kier molecular flexibility index (Phi) is 4.55. The molecule has 1 fully saturated rings. The summed E-state index contributed by atoms with van der Waals surface area (Å²) in [6.07, 6.45) is 3.80. The van der Waals surface area contributed by atoms with Crippen LogP contribution in [-0.2, 0) is 11.3 Å². The fourth-order valence-electron chi connectivity index (χ4n) is 2.43. The number of nitrogens with zero attached hydrogens (tertiary/aromatic N) is 4. The van der Waals surface area contributed by atoms with Crippen molar-refractivity contribution >= 4 is 5.91 Å². The predicted octanol–water partition coefficient (Wildman–Crippen LogP) is -0.446. The average molecular weight is 265 g/mol. The fourth-order valence-corrected chi connectivity index (χ4v) is 2.43. The fraction of sp³-hybridized carbons (Fsp3) is 0.692. The summed E-state index contributed by atoms with van der Waals surface area (Å²) in [6, 6.07) is -0.0485. The topological polar surface area (TPSA) is 53.4 Å². The van der Waals surface area contributed by atoms with Crippen LogP contribution in [0.25, 0.3) is 0 Å². The highest BCUT2D eigenvalue weighted by Crippen LogP contribution is 2.07. The van der Waals surface area contributed by atoms with Crippen molar-refractivity contribution in [2.75, 3.05) is 40.3 Å². The number of amides is 1. The van der Waals surface area contributed by atoms with E-state index in [-0.39, 0.29) is 11.9 Å². The molecule has 1 aliphatic heterocycles. The molecule has 19 heavy (non-hydrogen) atoms. The summed E-state index contributed by atoms with van der Waals surface area (Å²) in [7, 11) is 3.63. The van der Waals surface area contributed by atoms with Crippen LogP contribution in [0.4, 0.5) is 0 Å². The summed E-state index contributed by atoms with van der Waals surface area (Å²) in [4.78, 5) is 20.3. The van der Waals surface area contributed by atoms with E-state index < -0.39 is 0 Å². The molecule has 6 nitrogen and oxygen atoms in total. The molecule has 0 spiro atoms. The van der Waals surface area contributed by atoms with Gasteiger partial charge in [0.15, 0.2) is 0 Å². The Morgan fingerprint density at radius 2 is 2.32 bits per heavy atom. The van der Waals surface area contributed by atoms with Crippen LogP contribution in [0.15, 0.2) is 12.4 Å². The Hall–Kier alpha value is -1.40. The molecule has 6 heteroatoms. The van der Waals surface area contributed by atoms with Crippen molar-refractivity contribution < 1.29 is 4.79 Å². The Labute approximate surface area is 114 Å². The molecular weight excluding hydrogens is 242 g/mol. The lowest BCUT2D eigenvalue weighted by molar-refractivity contribution is -0.135. The van der Waals surface area contributed by atoms with Crippen molar-refractivity contribution in [3.63, 3.8) is 0 Å². The van der Waals surface area contributed by atoms with E-state index in [1.54, 1.807) is 4.90 Å². The number of rotatable bonds is 4. The number of carbonyl (C=O) groups excluding carboxylic acids is 1. The first kappa shape index (κ1) is 14.0. The number of carbonyl (C=O) groups is 1. The Balaban J connectivity index is 1.96. The quantitative estimate of drug-likeness (QED) is 0.801. The van der Waals surface area contributed by atoms with Crippen LogP contribution in [0.3, 0.4) is 0 Å². The molecule has 106 valence electrons. The van der Waals surface area contributed by atoms with E-state index in [9.17, 15) is 4.79 Å². The third kappa shape index (κ3) is 3.33. The van der Waals surface area contributed by atoms with Gasteiger partial charge in [0.25, 0.3) is 0 Å². The molecule has 1 aliphatic rings. The van der Waals surface area contributed by atoms with Gasteiger partial charge in [-0.05, 0) is 6.92 Å². The summed E-state index contributed by atoms with van der Waals surface area (Å²) in [5, 5.41) is 3.30. The molecule has 1 N–H and O–H groups in total. The Morgan fingerprint density at radius 1 is 1.53 bits per heavy atom. The minimum absolute atomic E-state index is 0.0485. The van der Waals surface area contributed by atoms with Crippen molar-refractivity contribution in [1.29, 1.82) is 0 Å². The van der Waals surface area contributed by atoms with Crippen LogP contribution in [0.2, 0.25) is 0 Å². The lowest BCUT2D eigenvalue weighted by Crippen LogP contribution is -2.58. The Bertz CT molecular complexity index is 428. The molecule has 1 unspecified atom stereocenters. The monoisotopic (exact) mass is 265 g/mol. The maximum atomic E-state index is 12.2. The highest BCUT2D eigenvalue weighted by Gasteiger charge is 2.29. The van der Waals surface area contributed by atoms with Gasteiger partial charge in [0.1, 0.15) is 11.9 Å². The largest absolute Gasteiger partial charge is 0.347 e. The van der Waals surface area contributed by atoms with E-state index in [2.05, 4.69) is 19.8 Å². The zero-order valence-corrected chi connectivity index (χ0v) is 12.0. The maximum Gasteiger partial charge on any atom is 0.240 e. The van der Waals surface area contributed by atoms with Crippen LogP contribution >= 0.6 is 0 Å². The second kappa shape index (κ2) is 6.16. The van der Waals surface area contributed by atoms with E-state index in [4.69, 9.17) is 0 Å². The summed E-state index contributed by atoms with van der Waals surface area (Å²) in [5.74, 6) is 1.19. The first-order valence-corrected chi connectivity index (χ1v) is 6.73. The minimum atomic E-state index is -0.0485. The molecular formula is C13H23N5O. The molecule has 0 bridgehead atoms.